The van der Waals surface area contributed by atoms with Gasteiger partial charge in [0.1, 0.15) is 17.3 Å². The molecule has 27 heavy (non-hydrogen) atoms. The lowest BCUT2D eigenvalue weighted by molar-refractivity contribution is -0.127. The number of carbonyl (C=O) groups excluding carboxylic acids is 1. The van der Waals surface area contributed by atoms with E-state index in [9.17, 15) is 4.79 Å². The van der Waals surface area contributed by atoms with E-state index in [1.54, 1.807) is 19.1 Å². The summed E-state index contributed by atoms with van der Waals surface area (Å²) in [5, 5.41) is 8.67. The van der Waals surface area contributed by atoms with Gasteiger partial charge in [0, 0.05) is 12.6 Å². The maximum atomic E-state index is 12.3. The molecule has 1 amide bonds. The van der Waals surface area contributed by atoms with Gasteiger partial charge in [-0.15, -0.1) is 10.2 Å². The molecule has 0 atom stereocenters. The van der Waals surface area contributed by atoms with Crippen LogP contribution in [0.3, 0.4) is 0 Å². The maximum absolute atomic E-state index is 12.3. The first-order valence-corrected chi connectivity index (χ1v) is 9.23. The van der Waals surface area contributed by atoms with Gasteiger partial charge >= 0.3 is 0 Å². The highest BCUT2D eigenvalue weighted by molar-refractivity contribution is 7.99. The monoisotopic (exact) mass is 387 g/mol. The van der Waals surface area contributed by atoms with Crippen LogP contribution < -0.4 is 10.6 Å². The van der Waals surface area contributed by atoms with E-state index in [2.05, 4.69) is 10.2 Å². The molecule has 3 aromatic rings. The summed E-state index contributed by atoms with van der Waals surface area (Å²) in [4.78, 5) is 13.9. The van der Waals surface area contributed by atoms with Crippen LogP contribution in [0.2, 0.25) is 0 Å². The summed E-state index contributed by atoms with van der Waals surface area (Å²) in [5.74, 6) is 9.08. The predicted molar refractivity (Wildman–Crippen MR) is 103 cm³/mol. The van der Waals surface area contributed by atoms with Gasteiger partial charge in [0.15, 0.2) is 5.82 Å². The van der Waals surface area contributed by atoms with E-state index >= 15 is 0 Å². The third kappa shape index (κ3) is 4.43. The highest BCUT2D eigenvalue weighted by atomic mass is 32.2. The summed E-state index contributed by atoms with van der Waals surface area (Å²) in [5.41, 5.74) is 0.814. The van der Waals surface area contributed by atoms with Crippen molar-refractivity contribution < 1.29 is 13.9 Å². The van der Waals surface area contributed by atoms with Crippen LogP contribution in [0.5, 0.6) is 5.75 Å². The molecular formula is C18H21N5O3S. The largest absolute Gasteiger partial charge is 0.497 e. The molecule has 2 aromatic heterocycles. The van der Waals surface area contributed by atoms with Gasteiger partial charge in [0.2, 0.25) is 11.1 Å². The van der Waals surface area contributed by atoms with Gasteiger partial charge in [-0.1, -0.05) is 11.8 Å². The lowest BCUT2D eigenvalue weighted by atomic mass is 10.2. The molecule has 0 aliphatic rings. The Morgan fingerprint density at radius 3 is 2.63 bits per heavy atom. The predicted octanol–water partition coefficient (Wildman–Crippen LogP) is 2.32. The molecule has 0 saturated heterocycles. The second-order valence-electron chi connectivity index (χ2n) is 5.96. The summed E-state index contributed by atoms with van der Waals surface area (Å²) in [6.07, 6.45) is 0. The molecule has 0 spiro atoms. The smallest absolute Gasteiger partial charge is 0.233 e. The van der Waals surface area contributed by atoms with Gasteiger partial charge in [-0.25, -0.2) is 4.68 Å². The minimum absolute atomic E-state index is 0.0527. The summed E-state index contributed by atoms with van der Waals surface area (Å²) in [6.45, 7) is 2.29. The molecule has 142 valence electrons. The average molecular weight is 387 g/mol. The van der Waals surface area contributed by atoms with E-state index in [1.165, 1.54) is 16.4 Å². The number of nitrogens with zero attached hydrogens (tertiary/aromatic N) is 4. The number of amides is 1. The maximum Gasteiger partial charge on any atom is 0.233 e. The Labute approximate surface area is 161 Å². The van der Waals surface area contributed by atoms with Crippen molar-refractivity contribution in [2.24, 2.45) is 0 Å². The lowest BCUT2D eigenvalue weighted by Crippen LogP contribution is -2.27. The van der Waals surface area contributed by atoms with E-state index < -0.39 is 0 Å². The van der Waals surface area contributed by atoms with Crippen LogP contribution in [0.15, 0.2) is 46.0 Å². The molecule has 2 heterocycles. The van der Waals surface area contributed by atoms with Gasteiger partial charge in [-0.2, -0.15) is 0 Å². The number of ether oxygens (including phenoxy) is 1. The summed E-state index contributed by atoms with van der Waals surface area (Å²) in [7, 11) is 3.34. The van der Waals surface area contributed by atoms with E-state index in [-0.39, 0.29) is 11.7 Å². The minimum atomic E-state index is -0.0527. The molecule has 0 aliphatic heterocycles. The zero-order valence-corrected chi connectivity index (χ0v) is 16.2. The second-order valence-corrected chi connectivity index (χ2v) is 6.90. The summed E-state index contributed by atoms with van der Waals surface area (Å²) in [6, 6.07) is 11.1. The number of nitrogens with two attached hydrogens (primary N) is 1. The first-order chi connectivity index (χ1) is 13.0. The molecule has 0 bridgehead atoms. The fourth-order valence-corrected chi connectivity index (χ4v) is 3.24. The zero-order chi connectivity index (χ0) is 19.4. The number of aryl methyl sites for hydroxylation is 1. The third-order valence-corrected chi connectivity index (χ3v) is 4.88. The number of rotatable bonds is 7. The molecule has 9 heteroatoms. The molecule has 0 aliphatic carbocycles. The number of benzene rings is 1. The van der Waals surface area contributed by atoms with Crippen LogP contribution in [0, 0.1) is 6.92 Å². The fourth-order valence-electron chi connectivity index (χ4n) is 2.44. The third-order valence-electron chi connectivity index (χ3n) is 3.95. The molecule has 1 aromatic carbocycles. The molecule has 8 nitrogen and oxygen atoms in total. The average Bonchev–Trinajstić information content (AvgIpc) is 3.25. The van der Waals surface area contributed by atoms with E-state index in [0.717, 1.165) is 22.8 Å². The fraction of sp³-hybridized carbons (Fsp3) is 0.278. The number of carbonyl (C=O) groups is 1. The molecular weight excluding hydrogens is 366 g/mol. The van der Waals surface area contributed by atoms with Crippen molar-refractivity contribution in [3.05, 3.63) is 47.9 Å². The molecule has 0 unspecified atom stereocenters. The van der Waals surface area contributed by atoms with Gasteiger partial charge in [-0.3, -0.25) is 4.79 Å². The Hall–Kier alpha value is -2.94. The lowest BCUT2D eigenvalue weighted by Gasteiger charge is -2.15. The van der Waals surface area contributed by atoms with Crippen LogP contribution in [0.25, 0.3) is 11.4 Å². The second kappa shape index (κ2) is 8.17. The highest BCUT2D eigenvalue weighted by Gasteiger charge is 2.16. The van der Waals surface area contributed by atoms with Gasteiger partial charge in [0.05, 0.1) is 19.4 Å². The van der Waals surface area contributed by atoms with Crippen LogP contribution in [0.4, 0.5) is 0 Å². The number of hydrogen-bond donors (Lipinski definition) is 1. The Kier molecular flexibility index (Phi) is 5.70. The number of hydrogen-bond acceptors (Lipinski definition) is 7. The molecule has 2 N–H and O–H groups in total. The highest BCUT2D eigenvalue weighted by Crippen LogP contribution is 2.23. The van der Waals surface area contributed by atoms with Gasteiger partial charge in [-0.05, 0) is 43.3 Å². The van der Waals surface area contributed by atoms with E-state index in [1.807, 2.05) is 43.3 Å². The van der Waals surface area contributed by atoms with E-state index in [0.29, 0.717) is 17.5 Å². The Balaban J connectivity index is 1.60. The van der Waals surface area contributed by atoms with Crippen LogP contribution >= 0.6 is 11.8 Å². The normalized spacial score (nSPS) is 10.8. The van der Waals surface area contributed by atoms with Crippen molar-refractivity contribution in [2.45, 2.75) is 18.6 Å². The van der Waals surface area contributed by atoms with Crippen molar-refractivity contribution >= 4 is 17.7 Å². The van der Waals surface area contributed by atoms with Gasteiger partial charge in [0.25, 0.3) is 0 Å². The summed E-state index contributed by atoms with van der Waals surface area (Å²) >= 11 is 1.24. The van der Waals surface area contributed by atoms with Gasteiger partial charge < -0.3 is 19.9 Å². The van der Waals surface area contributed by atoms with Crippen molar-refractivity contribution in [1.29, 1.82) is 0 Å². The Morgan fingerprint density at radius 1 is 1.26 bits per heavy atom. The van der Waals surface area contributed by atoms with E-state index in [4.69, 9.17) is 15.0 Å². The number of aromatic nitrogens is 3. The molecule has 0 radical (unpaired) electrons. The number of nitrogen functional groups attached to an aromatic ring is 1. The minimum Gasteiger partial charge on any atom is -0.497 e. The van der Waals surface area contributed by atoms with Crippen LogP contribution in [0.1, 0.15) is 11.5 Å². The van der Waals surface area contributed by atoms with Crippen molar-refractivity contribution in [2.75, 3.05) is 25.8 Å². The Morgan fingerprint density at radius 2 is 2.00 bits per heavy atom. The Bertz CT molecular complexity index is 919. The van der Waals surface area contributed by atoms with Crippen molar-refractivity contribution in [1.82, 2.24) is 19.8 Å². The summed E-state index contributed by atoms with van der Waals surface area (Å²) < 4.78 is 12.0. The molecule has 0 fully saturated rings. The van der Waals surface area contributed by atoms with Crippen LogP contribution in [-0.4, -0.2) is 45.6 Å². The molecule has 3 rings (SSSR count). The quantitative estimate of drug-likeness (QED) is 0.490. The number of thioether (sulfide) groups is 1. The first kappa shape index (κ1) is 18.8. The number of furan rings is 1. The SMILES string of the molecule is COc1ccc(-c2nnc(SCC(=O)N(C)Cc3ccc(C)o3)n2N)cc1. The van der Waals surface area contributed by atoms with Crippen LogP contribution in [-0.2, 0) is 11.3 Å². The first-order valence-electron chi connectivity index (χ1n) is 8.25. The topological polar surface area (TPSA) is 99.4 Å². The van der Waals surface area contributed by atoms with Crippen molar-refractivity contribution in [3.8, 4) is 17.1 Å². The number of methoxy groups -OCH3 is 1. The zero-order valence-electron chi connectivity index (χ0n) is 15.4. The van der Waals surface area contributed by atoms with Crippen molar-refractivity contribution in [3.63, 3.8) is 0 Å². The standard InChI is InChI=1S/C18H21N5O3S/c1-12-4-7-15(26-12)10-22(2)16(24)11-27-18-21-20-17(23(18)19)13-5-8-14(25-3)9-6-13/h4-9H,10-11,19H2,1-3H3. The molecule has 0 saturated carbocycles.